The van der Waals surface area contributed by atoms with E-state index in [1.54, 1.807) is 9.36 Å². The van der Waals surface area contributed by atoms with Crippen LogP contribution in [0.3, 0.4) is 0 Å². The van der Waals surface area contributed by atoms with Gasteiger partial charge in [0.15, 0.2) is 0 Å². The average Bonchev–Trinajstić information content (AvgIpc) is 2.81. The van der Waals surface area contributed by atoms with Gasteiger partial charge in [-0.1, -0.05) is 53.7 Å². The second kappa shape index (κ2) is 5.96. The molecule has 1 heterocycles. The predicted octanol–water partition coefficient (Wildman–Crippen LogP) is 2.71. The van der Waals surface area contributed by atoms with Crippen LogP contribution in [-0.4, -0.2) is 20.3 Å². The van der Waals surface area contributed by atoms with E-state index >= 15 is 0 Å². The molecule has 5 nitrogen and oxygen atoms in total. The van der Waals surface area contributed by atoms with Gasteiger partial charge in [-0.25, -0.2) is 4.68 Å². The first kappa shape index (κ1) is 14.8. The first-order chi connectivity index (χ1) is 11.1. The van der Waals surface area contributed by atoms with Crippen LogP contribution >= 0.6 is 0 Å². The Morgan fingerprint density at radius 3 is 2.13 bits per heavy atom. The van der Waals surface area contributed by atoms with Crippen molar-refractivity contribution in [2.45, 2.75) is 6.92 Å². The highest BCUT2D eigenvalue weighted by Gasteiger charge is 2.22. The summed E-state index contributed by atoms with van der Waals surface area (Å²) in [5, 5.41) is 12.9. The zero-order valence-corrected chi connectivity index (χ0v) is 13.0. The fourth-order valence-electron chi connectivity index (χ4n) is 2.69. The van der Waals surface area contributed by atoms with Gasteiger partial charge in [0.25, 0.3) is 5.56 Å². The number of rotatable bonds is 3. The molecular formula is C18H17N3O2. The quantitative estimate of drug-likeness (QED) is 0.459. The Kier molecular flexibility index (Phi) is 3.85. The molecule has 0 unspecified atom stereocenters. The molecule has 1 N–H and O–H groups in total. The minimum absolute atomic E-state index is 0.215. The van der Waals surface area contributed by atoms with E-state index in [1.165, 1.54) is 0 Å². The van der Waals surface area contributed by atoms with Gasteiger partial charge < -0.3 is 5.21 Å². The molecule has 23 heavy (non-hydrogen) atoms. The monoisotopic (exact) mass is 307 g/mol. The lowest BCUT2D eigenvalue weighted by atomic mass is 10.0. The zero-order valence-electron chi connectivity index (χ0n) is 13.0. The largest absolute Gasteiger partial charge is 0.410 e. The molecule has 0 spiro atoms. The third kappa shape index (κ3) is 2.46. The second-order valence-corrected chi connectivity index (χ2v) is 5.25. The smallest absolute Gasteiger partial charge is 0.281 e. The van der Waals surface area contributed by atoms with E-state index in [0.717, 1.165) is 11.4 Å². The minimum atomic E-state index is -0.215. The summed E-state index contributed by atoms with van der Waals surface area (Å²) in [5.74, 6) is 0. The maximum Gasteiger partial charge on any atom is 0.281 e. The molecule has 0 fully saturated rings. The Morgan fingerprint density at radius 1 is 1.00 bits per heavy atom. The molecule has 116 valence electrons. The highest BCUT2D eigenvalue weighted by atomic mass is 16.4. The van der Waals surface area contributed by atoms with Crippen LogP contribution in [-0.2, 0) is 7.05 Å². The Morgan fingerprint density at radius 2 is 1.57 bits per heavy atom. The molecule has 0 atom stereocenters. The van der Waals surface area contributed by atoms with Crippen LogP contribution in [0.2, 0.25) is 0 Å². The van der Waals surface area contributed by atoms with Crippen LogP contribution < -0.4 is 5.56 Å². The molecular weight excluding hydrogens is 290 g/mol. The highest BCUT2D eigenvalue weighted by Crippen LogP contribution is 2.15. The van der Waals surface area contributed by atoms with Crippen molar-refractivity contribution in [2.24, 2.45) is 12.2 Å². The van der Waals surface area contributed by atoms with Crippen LogP contribution in [0.4, 0.5) is 0 Å². The molecule has 0 aliphatic rings. The third-order valence-corrected chi connectivity index (χ3v) is 3.94. The van der Waals surface area contributed by atoms with E-state index < -0.39 is 0 Å². The third-order valence-electron chi connectivity index (χ3n) is 3.94. The summed E-state index contributed by atoms with van der Waals surface area (Å²) in [7, 11) is 1.81. The fourth-order valence-corrected chi connectivity index (χ4v) is 2.69. The first-order valence-electron chi connectivity index (χ1n) is 7.27. The summed E-state index contributed by atoms with van der Waals surface area (Å²) in [5.41, 5.74) is 2.65. The fraction of sp³-hybridized carbons (Fsp3) is 0.111. The SMILES string of the molecule is Cc1c(/C(=N\O)c2ccccc2)c(=O)n(-c2ccccc2)n1C. The molecule has 1 aromatic heterocycles. The second-order valence-electron chi connectivity index (χ2n) is 5.25. The molecule has 5 heteroatoms. The molecule has 0 saturated heterocycles. The normalized spacial score (nSPS) is 11.7. The van der Waals surface area contributed by atoms with E-state index in [-0.39, 0.29) is 11.3 Å². The van der Waals surface area contributed by atoms with Crippen molar-refractivity contribution in [3.05, 3.63) is 87.8 Å². The Hall–Kier alpha value is -3.08. The van der Waals surface area contributed by atoms with E-state index in [9.17, 15) is 10.0 Å². The lowest BCUT2D eigenvalue weighted by Crippen LogP contribution is -2.23. The van der Waals surface area contributed by atoms with E-state index in [0.29, 0.717) is 11.1 Å². The molecule has 0 radical (unpaired) electrons. The van der Waals surface area contributed by atoms with Crippen molar-refractivity contribution in [3.63, 3.8) is 0 Å². The number of hydrogen-bond acceptors (Lipinski definition) is 3. The standard InChI is InChI=1S/C18H17N3O2/c1-13-16(17(19-23)14-9-5-3-6-10-14)18(22)21(20(13)2)15-11-7-4-8-12-15/h3-12,23H,1-2H3/b19-17-. The van der Waals surface area contributed by atoms with Gasteiger partial charge >= 0.3 is 0 Å². The molecule has 0 bridgehead atoms. The summed E-state index contributed by atoms with van der Waals surface area (Å²) in [6, 6.07) is 18.6. The molecule has 3 aromatic rings. The number of oxime groups is 1. The zero-order chi connectivity index (χ0) is 16.4. The summed E-state index contributed by atoms with van der Waals surface area (Å²) >= 11 is 0. The summed E-state index contributed by atoms with van der Waals surface area (Å²) in [6.45, 7) is 1.84. The van der Waals surface area contributed by atoms with Gasteiger partial charge in [0.05, 0.1) is 11.3 Å². The molecule has 0 saturated carbocycles. The summed E-state index contributed by atoms with van der Waals surface area (Å²) < 4.78 is 3.33. The lowest BCUT2D eigenvalue weighted by Gasteiger charge is -2.07. The number of para-hydroxylation sites is 1. The van der Waals surface area contributed by atoms with Crippen LogP contribution in [0.15, 0.2) is 70.6 Å². The average molecular weight is 307 g/mol. The number of nitrogens with zero attached hydrogens (tertiary/aromatic N) is 3. The number of benzene rings is 2. The van der Waals surface area contributed by atoms with Crippen molar-refractivity contribution in [2.75, 3.05) is 0 Å². The van der Waals surface area contributed by atoms with Crippen LogP contribution in [0, 0.1) is 6.92 Å². The van der Waals surface area contributed by atoms with E-state index in [2.05, 4.69) is 5.16 Å². The van der Waals surface area contributed by atoms with E-state index in [4.69, 9.17) is 0 Å². The maximum atomic E-state index is 12.9. The molecule has 2 aromatic carbocycles. The van der Waals surface area contributed by atoms with Crippen LogP contribution in [0.1, 0.15) is 16.8 Å². The molecule has 3 rings (SSSR count). The van der Waals surface area contributed by atoms with Crippen LogP contribution in [0.5, 0.6) is 0 Å². The number of hydrogen-bond donors (Lipinski definition) is 1. The number of aromatic nitrogens is 2. The van der Waals surface area contributed by atoms with Crippen molar-refractivity contribution in [1.82, 2.24) is 9.36 Å². The van der Waals surface area contributed by atoms with Gasteiger partial charge in [0, 0.05) is 18.3 Å². The van der Waals surface area contributed by atoms with Gasteiger partial charge in [-0.15, -0.1) is 0 Å². The van der Waals surface area contributed by atoms with Gasteiger partial charge in [0.1, 0.15) is 5.71 Å². The Balaban J connectivity index is 2.25. The Bertz CT molecular complexity index is 907. The topological polar surface area (TPSA) is 59.5 Å². The van der Waals surface area contributed by atoms with Gasteiger partial charge in [0.2, 0.25) is 0 Å². The van der Waals surface area contributed by atoms with Crippen molar-refractivity contribution < 1.29 is 5.21 Å². The van der Waals surface area contributed by atoms with Gasteiger partial charge in [-0.2, -0.15) is 0 Å². The summed E-state index contributed by atoms with van der Waals surface area (Å²) in [4.78, 5) is 12.9. The summed E-state index contributed by atoms with van der Waals surface area (Å²) in [6.07, 6.45) is 0. The highest BCUT2D eigenvalue weighted by molar-refractivity contribution is 6.13. The van der Waals surface area contributed by atoms with Crippen molar-refractivity contribution >= 4 is 5.71 Å². The van der Waals surface area contributed by atoms with Crippen LogP contribution in [0.25, 0.3) is 5.69 Å². The molecule has 0 amide bonds. The predicted molar refractivity (Wildman–Crippen MR) is 89.6 cm³/mol. The van der Waals surface area contributed by atoms with Crippen molar-refractivity contribution in [1.29, 1.82) is 0 Å². The molecule has 0 aliphatic carbocycles. The van der Waals surface area contributed by atoms with Gasteiger partial charge in [-0.05, 0) is 19.1 Å². The molecule has 0 aliphatic heterocycles. The van der Waals surface area contributed by atoms with Gasteiger partial charge in [-0.3, -0.25) is 9.48 Å². The van der Waals surface area contributed by atoms with Crippen molar-refractivity contribution in [3.8, 4) is 5.69 Å². The Labute approximate surface area is 133 Å². The lowest BCUT2D eigenvalue weighted by molar-refractivity contribution is 0.319. The maximum absolute atomic E-state index is 12.9. The van der Waals surface area contributed by atoms with E-state index in [1.807, 2.05) is 74.6 Å². The first-order valence-corrected chi connectivity index (χ1v) is 7.27. The minimum Gasteiger partial charge on any atom is -0.410 e.